The molecule has 4 heteroatoms. The zero-order valence-electron chi connectivity index (χ0n) is 9.24. The predicted octanol–water partition coefficient (Wildman–Crippen LogP) is 3.18. The summed E-state index contributed by atoms with van der Waals surface area (Å²) in [5.74, 6) is 0.711. The highest BCUT2D eigenvalue weighted by molar-refractivity contribution is 9.10. The summed E-state index contributed by atoms with van der Waals surface area (Å²) < 4.78 is 12.4. The van der Waals surface area contributed by atoms with Crippen LogP contribution in [0.2, 0.25) is 0 Å². The predicted molar refractivity (Wildman–Crippen MR) is 71.3 cm³/mol. The van der Waals surface area contributed by atoms with Crippen molar-refractivity contribution in [2.45, 2.75) is 19.8 Å². The molecule has 0 bridgehead atoms. The number of benzene rings is 1. The third kappa shape index (κ3) is 4.58. The van der Waals surface area contributed by atoms with Gasteiger partial charge in [-0.15, -0.1) is 0 Å². The summed E-state index contributed by atoms with van der Waals surface area (Å²) in [7, 11) is -1.02. The highest BCUT2D eigenvalue weighted by Crippen LogP contribution is 2.12. The average Bonchev–Trinajstić information content (AvgIpc) is 2.26. The van der Waals surface area contributed by atoms with Crippen molar-refractivity contribution < 1.29 is 9.00 Å². The Morgan fingerprint density at radius 2 is 2.19 bits per heavy atom. The van der Waals surface area contributed by atoms with E-state index in [9.17, 15) is 9.00 Å². The summed E-state index contributed by atoms with van der Waals surface area (Å²) in [6.07, 6.45) is 1.93. The van der Waals surface area contributed by atoms with Crippen LogP contribution in [-0.2, 0) is 10.8 Å². The first kappa shape index (κ1) is 13.6. The smallest absolute Gasteiger partial charge is 0.175 e. The van der Waals surface area contributed by atoms with Gasteiger partial charge >= 0.3 is 0 Å². The number of Topliss-reactive ketones (excluding diaryl/α,β-unsaturated/α-hetero) is 1. The monoisotopic (exact) mass is 302 g/mol. The van der Waals surface area contributed by atoms with Crippen molar-refractivity contribution in [2.75, 3.05) is 11.5 Å². The molecule has 0 saturated heterocycles. The summed E-state index contributed by atoms with van der Waals surface area (Å²) in [4.78, 5) is 11.8. The minimum atomic E-state index is -1.02. The molecule has 0 aliphatic rings. The molecule has 0 fully saturated rings. The topological polar surface area (TPSA) is 34.1 Å². The van der Waals surface area contributed by atoms with Gasteiger partial charge in [-0.1, -0.05) is 41.4 Å². The highest BCUT2D eigenvalue weighted by Gasteiger charge is 2.10. The molecule has 0 saturated carbocycles. The molecule has 0 spiro atoms. The largest absolute Gasteiger partial charge is 0.293 e. The minimum Gasteiger partial charge on any atom is -0.293 e. The molecule has 16 heavy (non-hydrogen) atoms. The second-order valence-corrected chi connectivity index (χ2v) is 6.07. The third-order valence-electron chi connectivity index (χ3n) is 2.16. The molecule has 0 aromatic heterocycles. The van der Waals surface area contributed by atoms with E-state index in [0.717, 1.165) is 17.3 Å². The molecular weight excluding hydrogens is 288 g/mol. The van der Waals surface area contributed by atoms with Gasteiger partial charge in [-0.2, -0.15) is 0 Å². The maximum atomic E-state index is 11.8. The van der Waals surface area contributed by atoms with E-state index < -0.39 is 10.8 Å². The molecule has 0 heterocycles. The van der Waals surface area contributed by atoms with Gasteiger partial charge in [-0.3, -0.25) is 9.00 Å². The summed E-state index contributed by atoms with van der Waals surface area (Å²) in [6, 6.07) is 7.20. The van der Waals surface area contributed by atoms with Gasteiger partial charge in [0.2, 0.25) is 0 Å². The molecule has 88 valence electrons. The zero-order chi connectivity index (χ0) is 12.0. The fraction of sp³-hybridized carbons (Fsp3) is 0.417. The zero-order valence-corrected chi connectivity index (χ0v) is 11.6. The van der Waals surface area contributed by atoms with Gasteiger partial charge in [0.1, 0.15) is 0 Å². The van der Waals surface area contributed by atoms with Crippen LogP contribution in [0.5, 0.6) is 0 Å². The van der Waals surface area contributed by atoms with Crippen LogP contribution in [0.25, 0.3) is 0 Å². The molecule has 0 amide bonds. The molecule has 1 unspecified atom stereocenters. The quantitative estimate of drug-likeness (QED) is 0.756. The van der Waals surface area contributed by atoms with Crippen LogP contribution in [0.3, 0.4) is 0 Å². The average molecular weight is 303 g/mol. The molecule has 1 atom stereocenters. The summed E-state index contributed by atoms with van der Waals surface area (Å²) >= 11 is 3.31. The molecule has 0 aliphatic carbocycles. The van der Waals surface area contributed by atoms with Crippen molar-refractivity contribution in [3.05, 3.63) is 34.3 Å². The number of halogens is 1. The van der Waals surface area contributed by atoms with Crippen molar-refractivity contribution >= 4 is 32.5 Å². The number of hydrogen-bond acceptors (Lipinski definition) is 2. The van der Waals surface area contributed by atoms with Gasteiger partial charge in [0.05, 0.1) is 5.75 Å². The lowest BCUT2D eigenvalue weighted by molar-refractivity contribution is 0.102. The number of carbonyl (C=O) groups excluding carboxylic acids is 1. The van der Waals surface area contributed by atoms with E-state index in [2.05, 4.69) is 15.9 Å². The van der Waals surface area contributed by atoms with E-state index in [1.807, 2.05) is 19.1 Å². The number of ketones is 1. The van der Waals surface area contributed by atoms with Gasteiger partial charge in [-0.25, -0.2) is 0 Å². The van der Waals surface area contributed by atoms with Crippen LogP contribution in [0.4, 0.5) is 0 Å². The summed E-state index contributed by atoms with van der Waals surface area (Å²) in [5, 5.41) is 0. The Bertz CT molecular complexity index is 390. The molecule has 1 rings (SSSR count). The van der Waals surface area contributed by atoms with E-state index in [1.165, 1.54) is 0 Å². The molecular formula is C12H15BrO2S. The molecule has 1 aromatic rings. The Hall–Kier alpha value is -0.480. The Labute approximate surface area is 107 Å². The van der Waals surface area contributed by atoms with Gasteiger partial charge in [-0.05, 0) is 18.6 Å². The summed E-state index contributed by atoms with van der Waals surface area (Å²) in [5.41, 5.74) is 0.624. The number of hydrogen-bond donors (Lipinski definition) is 0. The molecule has 2 nitrogen and oxygen atoms in total. The molecule has 0 N–H and O–H groups in total. The van der Waals surface area contributed by atoms with E-state index in [0.29, 0.717) is 11.3 Å². The van der Waals surface area contributed by atoms with Crippen LogP contribution < -0.4 is 0 Å². The maximum Gasteiger partial charge on any atom is 0.175 e. The number of rotatable bonds is 6. The summed E-state index contributed by atoms with van der Waals surface area (Å²) in [6.45, 7) is 2.05. The van der Waals surface area contributed by atoms with Crippen LogP contribution >= 0.6 is 15.9 Å². The van der Waals surface area contributed by atoms with Crippen LogP contribution in [0.15, 0.2) is 28.7 Å². The van der Waals surface area contributed by atoms with E-state index in [1.54, 1.807) is 12.1 Å². The Morgan fingerprint density at radius 3 is 2.81 bits per heavy atom. The van der Waals surface area contributed by atoms with Crippen molar-refractivity contribution in [3.63, 3.8) is 0 Å². The van der Waals surface area contributed by atoms with Crippen molar-refractivity contribution in [3.8, 4) is 0 Å². The second-order valence-electron chi connectivity index (χ2n) is 3.58. The number of unbranched alkanes of at least 4 members (excludes halogenated alkanes) is 1. The van der Waals surface area contributed by atoms with Gasteiger partial charge in [0.25, 0.3) is 0 Å². The molecule has 0 aliphatic heterocycles. The maximum absolute atomic E-state index is 11.8. The second kappa shape index (κ2) is 6.97. The van der Waals surface area contributed by atoms with Crippen LogP contribution in [0.1, 0.15) is 30.1 Å². The standard InChI is InChI=1S/C12H15BrO2S/c1-2-3-7-16(15)9-12(14)10-5-4-6-11(13)8-10/h4-6,8H,2-3,7,9H2,1H3. The van der Waals surface area contributed by atoms with Gasteiger partial charge < -0.3 is 0 Å². The van der Waals surface area contributed by atoms with Crippen molar-refractivity contribution in [1.29, 1.82) is 0 Å². The van der Waals surface area contributed by atoms with Gasteiger partial charge in [0, 0.05) is 26.6 Å². The minimum absolute atomic E-state index is 0.0456. The number of carbonyl (C=O) groups is 1. The Morgan fingerprint density at radius 1 is 1.44 bits per heavy atom. The van der Waals surface area contributed by atoms with E-state index >= 15 is 0 Å². The lowest BCUT2D eigenvalue weighted by atomic mass is 10.2. The highest BCUT2D eigenvalue weighted by atomic mass is 79.9. The van der Waals surface area contributed by atoms with Crippen molar-refractivity contribution in [2.24, 2.45) is 0 Å². The Kier molecular flexibility index (Phi) is 5.91. The molecule has 0 radical (unpaired) electrons. The fourth-order valence-corrected chi connectivity index (χ4v) is 2.88. The first-order valence-electron chi connectivity index (χ1n) is 5.27. The third-order valence-corrected chi connectivity index (χ3v) is 3.99. The van der Waals surface area contributed by atoms with E-state index in [-0.39, 0.29) is 11.5 Å². The van der Waals surface area contributed by atoms with Gasteiger partial charge in [0.15, 0.2) is 5.78 Å². The van der Waals surface area contributed by atoms with E-state index in [4.69, 9.17) is 0 Å². The van der Waals surface area contributed by atoms with Crippen LogP contribution in [0, 0.1) is 0 Å². The SMILES string of the molecule is CCCCS(=O)CC(=O)c1cccc(Br)c1. The van der Waals surface area contributed by atoms with Crippen molar-refractivity contribution in [1.82, 2.24) is 0 Å². The molecule has 1 aromatic carbocycles. The fourth-order valence-electron chi connectivity index (χ4n) is 1.27. The lowest BCUT2D eigenvalue weighted by Gasteiger charge is -2.02. The van der Waals surface area contributed by atoms with Crippen LogP contribution in [-0.4, -0.2) is 21.5 Å². The lowest BCUT2D eigenvalue weighted by Crippen LogP contribution is -2.13. The Balaban J connectivity index is 2.55. The first-order valence-corrected chi connectivity index (χ1v) is 7.55. The first-order chi connectivity index (χ1) is 7.63. The normalized spacial score (nSPS) is 12.4.